The molecule has 0 spiro atoms. The van der Waals surface area contributed by atoms with Crippen LogP contribution in [0, 0.1) is 6.92 Å². The van der Waals surface area contributed by atoms with Crippen LogP contribution >= 0.6 is 0 Å². The highest BCUT2D eigenvalue weighted by atomic mass is 32.2. The Hall–Kier alpha value is -5.54. The van der Waals surface area contributed by atoms with Gasteiger partial charge in [-0.1, -0.05) is 17.7 Å². The molecule has 14 nitrogen and oxygen atoms in total. The van der Waals surface area contributed by atoms with Crippen LogP contribution in [-0.4, -0.2) is 78.4 Å². The summed E-state index contributed by atoms with van der Waals surface area (Å²) in [5.41, 5.74) is 8.93. The number of rotatable bonds is 10. The molecule has 47 heavy (non-hydrogen) atoms. The molecule has 15 heteroatoms. The van der Waals surface area contributed by atoms with Crippen molar-refractivity contribution in [3.05, 3.63) is 83.8 Å². The number of fused-ring (bicyclic) bond motifs is 2. The van der Waals surface area contributed by atoms with Gasteiger partial charge in [0.1, 0.15) is 11.6 Å². The number of nitrogens with one attached hydrogen (secondary N) is 2. The van der Waals surface area contributed by atoms with E-state index >= 15 is 0 Å². The Bertz CT molecular complexity index is 2130. The second kappa shape index (κ2) is 12.3. The molecule has 6 rings (SSSR count). The standard InChI is InChI=1S/C32H33N9O5S/c1-19-7-9-21(10-8-19)47(44,45)41-15-12-22-30(35-23-6-5-13-34-28(23)29(33)43)37-32(38-31(22)41)36-24-17-25-20(16-26(24)46-4)11-14-40(25)27(42)18-39(2)3/h5-10,12-13,15-17H,11,14,18H2,1-4H3,(H2,33,43)(H2,35,36,37,38). The number of primary amides is 1. The van der Waals surface area contributed by atoms with Crippen molar-refractivity contribution in [3.8, 4) is 5.75 Å². The maximum Gasteiger partial charge on any atom is 0.269 e. The summed E-state index contributed by atoms with van der Waals surface area (Å²) in [7, 11) is 1.12. The fourth-order valence-corrected chi connectivity index (χ4v) is 6.70. The molecule has 2 aromatic carbocycles. The highest BCUT2D eigenvalue weighted by Gasteiger charge is 2.28. The predicted molar refractivity (Wildman–Crippen MR) is 178 cm³/mol. The smallest absolute Gasteiger partial charge is 0.269 e. The Labute approximate surface area is 271 Å². The molecule has 0 bridgehead atoms. The minimum atomic E-state index is -4.08. The second-order valence-electron chi connectivity index (χ2n) is 11.3. The normalized spacial score (nSPS) is 12.7. The summed E-state index contributed by atoms with van der Waals surface area (Å²) in [5.74, 6) is -0.114. The lowest BCUT2D eigenvalue weighted by atomic mass is 10.1. The number of benzene rings is 2. The van der Waals surface area contributed by atoms with E-state index in [9.17, 15) is 18.0 Å². The number of anilines is 5. The molecule has 0 saturated carbocycles. The third kappa shape index (κ3) is 6.05. The van der Waals surface area contributed by atoms with Crippen molar-refractivity contribution in [3.63, 3.8) is 0 Å². The first-order valence-electron chi connectivity index (χ1n) is 14.6. The SMILES string of the molecule is COc1cc2c(cc1Nc1nc(Nc3cccnc3C(N)=O)c3ccn(S(=O)(=O)c4ccc(C)cc4)c3n1)N(C(=O)CN(C)C)CC2. The lowest BCUT2D eigenvalue weighted by molar-refractivity contribution is -0.119. The zero-order chi connectivity index (χ0) is 33.5. The van der Waals surface area contributed by atoms with Gasteiger partial charge in [0.25, 0.3) is 15.9 Å². The van der Waals surface area contributed by atoms with Crippen molar-refractivity contribution in [1.29, 1.82) is 0 Å². The van der Waals surface area contributed by atoms with Crippen molar-refractivity contribution in [2.45, 2.75) is 18.2 Å². The Morgan fingerprint density at radius 2 is 1.81 bits per heavy atom. The van der Waals surface area contributed by atoms with Crippen LogP contribution in [0.2, 0.25) is 0 Å². The summed E-state index contributed by atoms with van der Waals surface area (Å²) in [6, 6.07) is 14.9. The molecule has 3 aromatic heterocycles. The molecule has 0 atom stereocenters. The molecular formula is C32H33N9O5S. The van der Waals surface area contributed by atoms with Gasteiger partial charge in [-0.15, -0.1) is 0 Å². The van der Waals surface area contributed by atoms with Crippen LogP contribution in [-0.2, 0) is 21.2 Å². The van der Waals surface area contributed by atoms with Crippen molar-refractivity contribution in [1.82, 2.24) is 23.8 Å². The van der Waals surface area contributed by atoms with Crippen LogP contribution in [0.3, 0.4) is 0 Å². The number of carbonyl (C=O) groups is 2. The van der Waals surface area contributed by atoms with Gasteiger partial charge >= 0.3 is 0 Å². The maximum absolute atomic E-state index is 13.8. The summed E-state index contributed by atoms with van der Waals surface area (Å²) in [6.07, 6.45) is 3.50. The van der Waals surface area contributed by atoms with Gasteiger partial charge in [0.15, 0.2) is 11.3 Å². The molecule has 2 amide bonds. The number of nitrogens with two attached hydrogens (primary N) is 1. The summed E-state index contributed by atoms with van der Waals surface area (Å²) in [6.45, 7) is 2.65. The largest absolute Gasteiger partial charge is 0.495 e. The van der Waals surface area contributed by atoms with Crippen LogP contribution in [0.15, 0.2) is 71.9 Å². The van der Waals surface area contributed by atoms with Crippen molar-refractivity contribution < 1.29 is 22.7 Å². The zero-order valence-electron chi connectivity index (χ0n) is 26.2. The number of aromatic nitrogens is 4. The van der Waals surface area contributed by atoms with Crippen molar-refractivity contribution in [2.75, 3.05) is 49.8 Å². The Morgan fingerprint density at radius 1 is 1.04 bits per heavy atom. The van der Waals surface area contributed by atoms with E-state index < -0.39 is 15.9 Å². The molecule has 1 aliphatic heterocycles. The van der Waals surface area contributed by atoms with E-state index in [2.05, 4.69) is 25.6 Å². The minimum Gasteiger partial charge on any atom is -0.495 e. The molecule has 5 aromatic rings. The lowest BCUT2D eigenvalue weighted by Gasteiger charge is -2.21. The first-order valence-corrected chi connectivity index (χ1v) is 16.1. The summed E-state index contributed by atoms with van der Waals surface area (Å²) < 4.78 is 34.4. The third-order valence-electron chi connectivity index (χ3n) is 7.68. The van der Waals surface area contributed by atoms with Crippen molar-refractivity contribution in [2.24, 2.45) is 5.73 Å². The number of likely N-dealkylation sites (N-methyl/N-ethyl adjacent to an activating group) is 1. The monoisotopic (exact) mass is 655 g/mol. The number of hydrogen-bond donors (Lipinski definition) is 3. The van der Waals surface area contributed by atoms with Crippen molar-refractivity contribution >= 4 is 61.7 Å². The number of ether oxygens (including phenoxy) is 1. The molecule has 0 unspecified atom stereocenters. The van der Waals surface area contributed by atoms with E-state index in [4.69, 9.17) is 10.5 Å². The Balaban J connectivity index is 1.49. The van der Waals surface area contributed by atoms with Gasteiger partial charge < -0.3 is 30.9 Å². The highest BCUT2D eigenvalue weighted by Crippen LogP contribution is 2.39. The number of methoxy groups -OCH3 is 1. The number of carbonyl (C=O) groups excluding carboxylic acids is 2. The first kappa shape index (κ1) is 31.4. The van der Waals surface area contributed by atoms with Gasteiger partial charge in [-0.25, -0.2) is 17.4 Å². The van der Waals surface area contributed by atoms with E-state index in [0.717, 1.165) is 20.8 Å². The van der Waals surface area contributed by atoms with E-state index in [1.165, 1.54) is 31.6 Å². The fourth-order valence-electron chi connectivity index (χ4n) is 5.41. The number of aryl methyl sites for hydroxylation is 1. The number of amides is 2. The van der Waals surface area contributed by atoms with Crippen LogP contribution in [0.25, 0.3) is 11.0 Å². The van der Waals surface area contributed by atoms with E-state index in [-0.39, 0.29) is 46.1 Å². The quantitative estimate of drug-likeness (QED) is 0.201. The van der Waals surface area contributed by atoms with Crippen LogP contribution in [0.5, 0.6) is 5.75 Å². The summed E-state index contributed by atoms with van der Waals surface area (Å²) in [5, 5.41) is 6.62. The average Bonchev–Trinajstić information content (AvgIpc) is 3.65. The molecule has 4 N–H and O–H groups in total. The first-order chi connectivity index (χ1) is 22.5. The third-order valence-corrected chi connectivity index (χ3v) is 9.36. The lowest BCUT2D eigenvalue weighted by Crippen LogP contribution is -2.36. The Morgan fingerprint density at radius 3 is 2.51 bits per heavy atom. The van der Waals surface area contributed by atoms with Gasteiger partial charge in [-0.3, -0.25) is 9.59 Å². The molecular weight excluding hydrogens is 622 g/mol. The molecule has 0 radical (unpaired) electrons. The van der Waals surface area contributed by atoms with Crippen LogP contribution in [0.4, 0.5) is 28.8 Å². The van der Waals surface area contributed by atoms with Crippen LogP contribution < -0.4 is 26.0 Å². The van der Waals surface area contributed by atoms with E-state index in [0.29, 0.717) is 29.8 Å². The number of pyridine rings is 1. The summed E-state index contributed by atoms with van der Waals surface area (Å²) >= 11 is 0. The number of nitrogens with zero attached hydrogens (tertiary/aromatic N) is 6. The molecule has 0 saturated heterocycles. The van der Waals surface area contributed by atoms with Gasteiger partial charge in [0.05, 0.1) is 35.3 Å². The Kier molecular flexibility index (Phi) is 8.25. The van der Waals surface area contributed by atoms with Crippen LogP contribution in [0.1, 0.15) is 21.6 Å². The fraction of sp³-hybridized carbons (Fsp3) is 0.219. The van der Waals surface area contributed by atoms with Gasteiger partial charge in [0.2, 0.25) is 11.9 Å². The molecule has 0 fully saturated rings. The molecule has 0 aliphatic carbocycles. The molecule has 4 heterocycles. The van der Waals surface area contributed by atoms with Gasteiger partial charge in [-0.05, 0) is 75.5 Å². The topological polar surface area (TPSA) is 178 Å². The predicted octanol–water partition coefficient (Wildman–Crippen LogP) is 3.42. The molecule has 242 valence electrons. The molecule has 1 aliphatic rings. The average molecular weight is 656 g/mol. The van der Waals surface area contributed by atoms with Gasteiger partial charge in [0, 0.05) is 24.6 Å². The van der Waals surface area contributed by atoms with E-state index in [1.807, 2.05) is 32.0 Å². The highest BCUT2D eigenvalue weighted by molar-refractivity contribution is 7.90. The minimum absolute atomic E-state index is 0.0194. The van der Waals surface area contributed by atoms with E-state index in [1.54, 1.807) is 41.3 Å². The summed E-state index contributed by atoms with van der Waals surface area (Å²) in [4.78, 5) is 42.2. The van der Waals surface area contributed by atoms with Gasteiger partial charge in [-0.2, -0.15) is 9.97 Å². The second-order valence-corrected chi connectivity index (χ2v) is 13.1. The zero-order valence-corrected chi connectivity index (χ0v) is 27.0. The number of hydrogen-bond acceptors (Lipinski definition) is 11. The maximum atomic E-state index is 13.8.